The maximum atomic E-state index is 11.5. The van der Waals surface area contributed by atoms with Crippen molar-refractivity contribution >= 4 is 23.2 Å². The summed E-state index contributed by atoms with van der Waals surface area (Å²) < 4.78 is 0. The molecule has 0 aliphatic heterocycles. The van der Waals surface area contributed by atoms with Gasteiger partial charge in [0, 0.05) is 6.54 Å². The molecular formula is C11H17N5O3. The zero-order chi connectivity index (χ0) is 14.4. The topological polar surface area (TPSA) is 123 Å². The predicted molar refractivity (Wildman–Crippen MR) is 71.6 cm³/mol. The molecule has 1 aromatic heterocycles. The van der Waals surface area contributed by atoms with Gasteiger partial charge in [-0.3, -0.25) is 14.9 Å². The van der Waals surface area contributed by atoms with E-state index in [1.165, 1.54) is 6.07 Å². The van der Waals surface area contributed by atoms with Crippen LogP contribution in [0.1, 0.15) is 13.8 Å². The molecule has 1 rings (SSSR count). The molecule has 0 spiro atoms. The second-order valence-corrected chi connectivity index (χ2v) is 4.44. The highest BCUT2D eigenvalue weighted by Gasteiger charge is 2.10. The van der Waals surface area contributed by atoms with Gasteiger partial charge in [0.15, 0.2) is 0 Å². The number of amides is 1. The second-order valence-electron chi connectivity index (χ2n) is 4.44. The molecule has 0 fully saturated rings. The molecule has 0 aliphatic carbocycles. The Bertz CT molecular complexity index is 475. The van der Waals surface area contributed by atoms with Crippen LogP contribution in [0.25, 0.3) is 0 Å². The monoisotopic (exact) mass is 267 g/mol. The van der Waals surface area contributed by atoms with E-state index in [4.69, 9.17) is 5.73 Å². The van der Waals surface area contributed by atoms with Gasteiger partial charge in [-0.25, -0.2) is 4.98 Å². The molecule has 8 heteroatoms. The molecule has 1 heterocycles. The molecule has 0 aliphatic rings. The van der Waals surface area contributed by atoms with Crippen molar-refractivity contribution in [1.82, 2.24) is 10.3 Å². The Kier molecular flexibility index (Phi) is 5.04. The summed E-state index contributed by atoms with van der Waals surface area (Å²) in [5, 5.41) is 16.0. The average Bonchev–Trinajstić information content (AvgIpc) is 2.33. The molecule has 8 nitrogen and oxygen atoms in total. The SMILES string of the molecule is CC(C)CNC(=O)CNc1cc([N+](=O)[O-])cc(N)n1. The normalized spacial score (nSPS) is 10.3. The average molecular weight is 267 g/mol. The largest absolute Gasteiger partial charge is 0.383 e. The van der Waals surface area contributed by atoms with Crippen LogP contribution in [0.3, 0.4) is 0 Å². The lowest BCUT2D eigenvalue weighted by atomic mass is 10.2. The first-order chi connectivity index (χ1) is 8.88. The minimum absolute atomic E-state index is 0.0136. The molecule has 0 saturated heterocycles. The van der Waals surface area contributed by atoms with E-state index in [1.54, 1.807) is 0 Å². The van der Waals surface area contributed by atoms with E-state index < -0.39 is 4.92 Å². The molecule has 0 atom stereocenters. The number of aromatic nitrogens is 1. The minimum atomic E-state index is -0.567. The molecule has 0 bridgehead atoms. The Morgan fingerprint density at radius 2 is 2.21 bits per heavy atom. The van der Waals surface area contributed by atoms with E-state index in [2.05, 4.69) is 15.6 Å². The van der Waals surface area contributed by atoms with Crippen LogP contribution in [0.4, 0.5) is 17.3 Å². The Hall–Kier alpha value is -2.38. The van der Waals surface area contributed by atoms with Gasteiger partial charge in [0.25, 0.3) is 5.69 Å². The third-order valence-corrected chi connectivity index (χ3v) is 2.18. The zero-order valence-electron chi connectivity index (χ0n) is 10.8. The van der Waals surface area contributed by atoms with E-state index in [0.29, 0.717) is 12.5 Å². The van der Waals surface area contributed by atoms with Gasteiger partial charge < -0.3 is 16.4 Å². The lowest BCUT2D eigenvalue weighted by molar-refractivity contribution is -0.384. The zero-order valence-corrected chi connectivity index (χ0v) is 10.8. The molecule has 19 heavy (non-hydrogen) atoms. The molecule has 0 unspecified atom stereocenters. The highest BCUT2D eigenvalue weighted by molar-refractivity contribution is 5.80. The van der Waals surface area contributed by atoms with Crippen LogP contribution >= 0.6 is 0 Å². The standard InChI is InChI=1S/C11H17N5O3/c1-7(2)5-14-11(17)6-13-10-4-8(16(18)19)3-9(12)15-10/h3-4,7H,5-6H2,1-2H3,(H,14,17)(H3,12,13,15). The minimum Gasteiger partial charge on any atom is -0.383 e. The number of hydrogen-bond donors (Lipinski definition) is 3. The van der Waals surface area contributed by atoms with Gasteiger partial charge in [-0.05, 0) is 5.92 Å². The fourth-order valence-electron chi connectivity index (χ4n) is 1.28. The van der Waals surface area contributed by atoms with Crippen molar-refractivity contribution in [3.8, 4) is 0 Å². The van der Waals surface area contributed by atoms with Crippen LogP contribution in [0.2, 0.25) is 0 Å². The van der Waals surface area contributed by atoms with Gasteiger partial charge in [-0.2, -0.15) is 0 Å². The molecule has 1 aromatic rings. The van der Waals surface area contributed by atoms with Crippen molar-refractivity contribution in [2.75, 3.05) is 24.1 Å². The molecule has 104 valence electrons. The van der Waals surface area contributed by atoms with Crippen LogP contribution in [0.5, 0.6) is 0 Å². The Morgan fingerprint density at radius 3 is 2.79 bits per heavy atom. The van der Waals surface area contributed by atoms with Crippen LogP contribution in [0.15, 0.2) is 12.1 Å². The molecule has 0 saturated carbocycles. The number of carbonyl (C=O) groups is 1. The van der Waals surface area contributed by atoms with Gasteiger partial charge in [0.1, 0.15) is 11.6 Å². The number of nitro groups is 1. The van der Waals surface area contributed by atoms with Crippen LogP contribution in [-0.2, 0) is 4.79 Å². The molecule has 1 amide bonds. The quantitative estimate of drug-likeness (QED) is 0.516. The van der Waals surface area contributed by atoms with Gasteiger partial charge in [-0.15, -0.1) is 0 Å². The number of hydrogen-bond acceptors (Lipinski definition) is 6. The van der Waals surface area contributed by atoms with Gasteiger partial charge in [0.05, 0.1) is 23.6 Å². The summed E-state index contributed by atoms with van der Waals surface area (Å²) >= 11 is 0. The number of anilines is 2. The third kappa shape index (κ3) is 5.19. The number of nitrogens with two attached hydrogens (primary N) is 1. The molecule has 0 aromatic carbocycles. The van der Waals surface area contributed by atoms with Crippen LogP contribution in [0, 0.1) is 16.0 Å². The van der Waals surface area contributed by atoms with Crippen molar-refractivity contribution in [2.24, 2.45) is 5.92 Å². The van der Waals surface area contributed by atoms with Gasteiger partial charge in [0.2, 0.25) is 5.91 Å². The summed E-state index contributed by atoms with van der Waals surface area (Å²) in [6, 6.07) is 2.39. The maximum Gasteiger partial charge on any atom is 0.276 e. The van der Waals surface area contributed by atoms with E-state index >= 15 is 0 Å². The first-order valence-corrected chi connectivity index (χ1v) is 5.81. The summed E-state index contributed by atoms with van der Waals surface area (Å²) in [6.07, 6.45) is 0. The highest BCUT2D eigenvalue weighted by atomic mass is 16.6. The van der Waals surface area contributed by atoms with Crippen molar-refractivity contribution in [3.05, 3.63) is 22.2 Å². The van der Waals surface area contributed by atoms with Crippen molar-refractivity contribution in [1.29, 1.82) is 0 Å². The summed E-state index contributed by atoms with van der Waals surface area (Å²) in [4.78, 5) is 25.4. The van der Waals surface area contributed by atoms with E-state index in [1.807, 2.05) is 13.8 Å². The van der Waals surface area contributed by atoms with Crippen LogP contribution in [-0.4, -0.2) is 28.9 Å². The number of pyridine rings is 1. The number of nitrogens with one attached hydrogen (secondary N) is 2. The molecule has 0 radical (unpaired) electrons. The summed E-state index contributed by atoms with van der Waals surface area (Å²) in [5.41, 5.74) is 5.28. The van der Waals surface area contributed by atoms with E-state index in [0.717, 1.165) is 6.07 Å². The maximum absolute atomic E-state index is 11.5. The fraction of sp³-hybridized carbons (Fsp3) is 0.455. The van der Waals surface area contributed by atoms with Crippen LogP contribution < -0.4 is 16.4 Å². The third-order valence-electron chi connectivity index (χ3n) is 2.18. The van der Waals surface area contributed by atoms with E-state index in [9.17, 15) is 14.9 Å². The fourth-order valence-corrected chi connectivity index (χ4v) is 1.28. The Morgan fingerprint density at radius 1 is 1.53 bits per heavy atom. The Balaban J connectivity index is 2.58. The van der Waals surface area contributed by atoms with Gasteiger partial charge in [-0.1, -0.05) is 13.8 Å². The van der Waals surface area contributed by atoms with E-state index in [-0.39, 0.29) is 29.8 Å². The Labute approximate surface area is 110 Å². The summed E-state index contributed by atoms with van der Waals surface area (Å²) in [6.45, 7) is 4.53. The smallest absolute Gasteiger partial charge is 0.276 e. The first kappa shape index (κ1) is 14.7. The highest BCUT2D eigenvalue weighted by Crippen LogP contribution is 2.18. The number of nitrogens with zero attached hydrogens (tertiary/aromatic N) is 2. The number of carbonyl (C=O) groups excluding carboxylic acids is 1. The first-order valence-electron chi connectivity index (χ1n) is 5.81. The molecule has 4 N–H and O–H groups in total. The lowest BCUT2D eigenvalue weighted by Crippen LogP contribution is -2.32. The number of rotatable bonds is 6. The second kappa shape index (κ2) is 6.53. The van der Waals surface area contributed by atoms with Crippen molar-refractivity contribution < 1.29 is 9.72 Å². The number of nitrogen functional groups attached to an aromatic ring is 1. The summed E-state index contributed by atoms with van der Waals surface area (Å²) in [7, 11) is 0. The molecular weight excluding hydrogens is 250 g/mol. The predicted octanol–water partition coefficient (Wildman–Crippen LogP) is 0.756. The lowest BCUT2D eigenvalue weighted by Gasteiger charge is -2.09. The van der Waals surface area contributed by atoms with Crippen molar-refractivity contribution in [3.63, 3.8) is 0 Å². The van der Waals surface area contributed by atoms with Gasteiger partial charge >= 0.3 is 0 Å². The summed E-state index contributed by atoms with van der Waals surface area (Å²) in [5.74, 6) is 0.377. The van der Waals surface area contributed by atoms with Crippen molar-refractivity contribution in [2.45, 2.75) is 13.8 Å².